The largest absolute Gasteiger partial charge is 0.314 e. The third kappa shape index (κ3) is 5.50. The Kier molecular flexibility index (Phi) is 6.74. The monoisotopic (exact) mass is 245 g/mol. The second kappa shape index (κ2) is 8.10. The lowest BCUT2D eigenvalue weighted by atomic mass is 9.98. The lowest BCUT2D eigenvalue weighted by Crippen LogP contribution is -2.29. The van der Waals surface area contributed by atoms with Gasteiger partial charge in [-0.2, -0.15) is 0 Å². The highest BCUT2D eigenvalue weighted by Gasteiger charge is 2.08. The van der Waals surface area contributed by atoms with Crippen molar-refractivity contribution >= 4 is 0 Å². The average Bonchev–Trinajstić information content (AvgIpc) is 2.38. The molecule has 100 valence electrons. The molecule has 0 aliphatic heterocycles. The van der Waals surface area contributed by atoms with Crippen molar-refractivity contribution in [2.24, 2.45) is 0 Å². The van der Waals surface area contributed by atoms with Gasteiger partial charge in [0.1, 0.15) is 0 Å². The van der Waals surface area contributed by atoms with Crippen LogP contribution in [-0.4, -0.2) is 12.6 Å². The highest BCUT2D eigenvalue weighted by molar-refractivity contribution is 5.21. The first-order valence-corrected chi connectivity index (χ1v) is 7.11. The highest BCUT2D eigenvalue weighted by Crippen LogP contribution is 2.13. The topological polar surface area (TPSA) is 12.0 Å². The predicted molar refractivity (Wildman–Crippen MR) is 81.0 cm³/mol. The first-order chi connectivity index (χ1) is 8.65. The number of hydrogen-bond acceptors (Lipinski definition) is 1. The second-order valence-electron chi connectivity index (χ2n) is 5.09. The van der Waals surface area contributed by atoms with Crippen LogP contribution in [0, 0.1) is 6.92 Å². The fourth-order valence-corrected chi connectivity index (χ4v) is 2.15. The number of aryl methyl sites for hydroxylation is 2. The van der Waals surface area contributed by atoms with Crippen LogP contribution in [0.15, 0.2) is 36.4 Å². The van der Waals surface area contributed by atoms with E-state index in [9.17, 15) is 0 Å². The van der Waals surface area contributed by atoms with Crippen LogP contribution in [0.25, 0.3) is 0 Å². The Labute approximate surface area is 112 Å². The molecular weight excluding hydrogens is 218 g/mol. The van der Waals surface area contributed by atoms with E-state index in [4.69, 9.17) is 0 Å². The van der Waals surface area contributed by atoms with Crippen LogP contribution in [0.3, 0.4) is 0 Å². The van der Waals surface area contributed by atoms with Crippen LogP contribution >= 0.6 is 0 Å². The average molecular weight is 245 g/mol. The van der Waals surface area contributed by atoms with Gasteiger partial charge < -0.3 is 5.32 Å². The molecule has 0 aromatic heterocycles. The summed E-state index contributed by atoms with van der Waals surface area (Å²) < 4.78 is 0. The normalized spacial score (nSPS) is 12.4. The summed E-state index contributed by atoms with van der Waals surface area (Å²) in [6.07, 6.45) is 4.54. The molecule has 1 aromatic rings. The lowest BCUT2D eigenvalue weighted by Gasteiger charge is -2.18. The summed E-state index contributed by atoms with van der Waals surface area (Å²) in [5.41, 5.74) is 4.12. The molecule has 1 unspecified atom stereocenters. The molecule has 0 bridgehead atoms. The van der Waals surface area contributed by atoms with Gasteiger partial charge in [-0.25, -0.2) is 0 Å². The molecule has 0 aliphatic carbocycles. The first-order valence-electron chi connectivity index (χ1n) is 7.11. The fraction of sp³-hybridized carbons (Fsp3) is 0.529. The van der Waals surface area contributed by atoms with E-state index in [-0.39, 0.29) is 0 Å². The maximum atomic E-state index is 4.12. The van der Waals surface area contributed by atoms with Crippen LogP contribution in [-0.2, 0) is 6.42 Å². The molecule has 1 nitrogen and oxygen atoms in total. The van der Waals surface area contributed by atoms with Gasteiger partial charge in [0.2, 0.25) is 0 Å². The molecule has 0 fully saturated rings. The van der Waals surface area contributed by atoms with E-state index in [1.165, 1.54) is 23.1 Å². The van der Waals surface area contributed by atoms with Gasteiger partial charge in [0.15, 0.2) is 0 Å². The van der Waals surface area contributed by atoms with Crippen molar-refractivity contribution in [2.45, 2.75) is 52.5 Å². The summed E-state index contributed by atoms with van der Waals surface area (Å²) in [5.74, 6) is 0. The molecule has 18 heavy (non-hydrogen) atoms. The predicted octanol–water partition coefficient (Wildman–Crippen LogP) is 4.26. The summed E-state index contributed by atoms with van der Waals surface area (Å²) in [6.45, 7) is 11.7. The van der Waals surface area contributed by atoms with Crippen LogP contribution in [0.2, 0.25) is 0 Å². The lowest BCUT2D eigenvalue weighted by molar-refractivity contribution is 0.486. The van der Waals surface area contributed by atoms with Gasteiger partial charge in [-0.1, -0.05) is 55.8 Å². The van der Waals surface area contributed by atoms with Gasteiger partial charge in [-0.3, -0.25) is 0 Å². The molecule has 0 radical (unpaired) electrons. The molecule has 0 aliphatic rings. The summed E-state index contributed by atoms with van der Waals surface area (Å²) >= 11 is 0. The standard InChI is InChI=1S/C17H27N/c1-5-14(3)13-17(18-6-2)12-11-16-9-7-15(4)8-10-16/h7-10,17-18H,3,5-6,11-13H2,1-2,4H3. The summed E-state index contributed by atoms with van der Waals surface area (Å²) in [5, 5.41) is 3.57. The number of rotatable bonds is 8. The van der Waals surface area contributed by atoms with Gasteiger partial charge in [0, 0.05) is 6.04 Å². The SMILES string of the molecule is C=C(CC)CC(CCc1ccc(C)cc1)NCC. The van der Waals surface area contributed by atoms with Crippen molar-refractivity contribution in [3.63, 3.8) is 0 Å². The molecule has 1 N–H and O–H groups in total. The minimum atomic E-state index is 0.573. The molecule has 0 saturated heterocycles. The van der Waals surface area contributed by atoms with E-state index in [1.807, 2.05) is 0 Å². The van der Waals surface area contributed by atoms with Gasteiger partial charge in [-0.15, -0.1) is 0 Å². The van der Waals surface area contributed by atoms with E-state index in [1.54, 1.807) is 0 Å². The Morgan fingerprint density at radius 1 is 1.22 bits per heavy atom. The molecule has 1 rings (SSSR count). The van der Waals surface area contributed by atoms with E-state index in [0.717, 1.165) is 25.8 Å². The molecule has 1 atom stereocenters. The third-order valence-corrected chi connectivity index (χ3v) is 3.43. The zero-order valence-electron chi connectivity index (χ0n) is 12.1. The Morgan fingerprint density at radius 3 is 2.44 bits per heavy atom. The molecule has 0 heterocycles. The van der Waals surface area contributed by atoms with Gasteiger partial charge in [0.25, 0.3) is 0 Å². The van der Waals surface area contributed by atoms with Crippen molar-refractivity contribution in [2.75, 3.05) is 6.54 Å². The quantitative estimate of drug-likeness (QED) is 0.675. The van der Waals surface area contributed by atoms with E-state index < -0.39 is 0 Å². The highest BCUT2D eigenvalue weighted by atomic mass is 14.9. The Balaban J connectivity index is 2.45. The van der Waals surface area contributed by atoms with E-state index in [0.29, 0.717) is 6.04 Å². The van der Waals surface area contributed by atoms with Gasteiger partial charge in [-0.05, 0) is 44.7 Å². The van der Waals surface area contributed by atoms with Crippen molar-refractivity contribution in [3.8, 4) is 0 Å². The van der Waals surface area contributed by atoms with Gasteiger partial charge >= 0.3 is 0 Å². The Bertz CT molecular complexity index is 350. The van der Waals surface area contributed by atoms with Gasteiger partial charge in [0.05, 0.1) is 0 Å². The minimum Gasteiger partial charge on any atom is -0.314 e. The van der Waals surface area contributed by atoms with Crippen LogP contribution < -0.4 is 5.32 Å². The Hall–Kier alpha value is -1.08. The van der Waals surface area contributed by atoms with Crippen molar-refractivity contribution in [1.82, 2.24) is 5.32 Å². The van der Waals surface area contributed by atoms with E-state index in [2.05, 4.69) is 56.9 Å². The smallest absolute Gasteiger partial charge is 0.0107 e. The Morgan fingerprint density at radius 2 is 1.89 bits per heavy atom. The first kappa shape index (κ1) is 15.0. The maximum Gasteiger partial charge on any atom is 0.0107 e. The maximum absolute atomic E-state index is 4.12. The van der Waals surface area contributed by atoms with E-state index >= 15 is 0 Å². The molecule has 0 amide bonds. The number of hydrogen-bond donors (Lipinski definition) is 1. The number of benzene rings is 1. The van der Waals surface area contributed by atoms with Crippen LogP contribution in [0.4, 0.5) is 0 Å². The van der Waals surface area contributed by atoms with Crippen molar-refractivity contribution in [3.05, 3.63) is 47.5 Å². The molecule has 0 spiro atoms. The van der Waals surface area contributed by atoms with Crippen molar-refractivity contribution in [1.29, 1.82) is 0 Å². The summed E-state index contributed by atoms with van der Waals surface area (Å²) in [7, 11) is 0. The number of nitrogens with one attached hydrogen (secondary N) is 1. The second-order valence-corrected chi connectivity index (χ2v) is 5.09. The summed E-state index contributed by atoms with van der Waals surface area (Å²) in [6, 6.07) is 9.45. The molecule has 1 aromatic carbocycles. The summed E-state index contributed by atoms with van der Waals surface area (Å²) in [4.78, 5) is 0. The fourth-order valence-electron chi connectivity index (χ4n) is 2.15. The molecule has 0 saturated carbocycles. The minimum absolute atomic E-state index is 0.573. The van der Waals surface area contributed by atoms with Crippen molar-refractivity contribution < 1.29 is 0 Å². The van der Waals surface area contributed by atoms with Crippen LogP contribution in [0.1, 0.15) is 44.2 Å². The zero-order valence-corrected chi connectivity index (χ0v) is 12.1. The molecule has 1 heteroatoms. The zero-order chi connectivity index (χ0) is 13.4. The van der Waals surface area contributed by atoms with Crippen LogP contribution in [0.5, 0.6) is 0 Å². The third-order valence-electron chi connectivity index (χ3n) is 3.43. The molecular formula is C17H27N.